The van der Waals surface area contributed by atoms with E-state index in [1.54, 1.807) is 28.6 Å². The molecule has 2 rings (SSSR count). The molecule has 1 aromatic carbocycles. The lowest BCUT2D eigenvalue weighted by Crippen LogP contribution is -2.33. The fourth-order valence-corrected chi connectivity index (χ4v) is 3.44. The Hall–Kier alpha value is -0.910. The van der Waals surface area contributed by atoms with Gasteiger partial charge in [-0.2, -0.15) is 4.31 Å². The predicted molar refractivity (Wildman–Crippen MR) is 62.7 cm³/mol. The summed E-state index contributed by atoms with van der Waals surface area (Å²) in [5.41, 5.74) is 0. The van der Waals surface area contributed by atoms with Crippen LogP contribution in [0.15, 0.2) is 35.2 Å². The Bertz CT molecular complexity index is 444. The van der Waals surface area contributed by atoms with Crippen molar-refractivity contribution in [1.29, 1.82) is 0 Å². The average molecular weight is 240 g/mol. The smallest absolute Gasteiger partial charge is 0.243 e. The van der Waals surface area contributed by atoms with E-state index in [1.165, 1.54) is 0 Å². The first kappa shape index (κ1) is 11.6. The molecule has 1 atom stereocenters. The molecule has 1 heterocycles. The molecule has 1 saturated heterocycles. The third-order valence-electron chi connectivity index (χ3n) is 2.94. The lowest BCUT2D eigenvalue weighted by Gasteiger charge is -2.16. The van der Waals surface area contributed by atoms with E-state index in [-0.39, 0.29) is 6.04 Å². The van der Waals surface area contributed by atoms with Crippen molar-refractivity contribution < 1.29 is 8.42 Å². The van der Waals surface area contributed by atoms with Crippen molar-refractivity contribution in [2.45, 2.75) is 17.4 Å². The van der Waals surface area contributed by atoms with Crippen LogP contribution in [0.5, 0.6) is 0 Å². The van der Waals surface area contributed by atoms with Crippen molar-refractivity contribution in [3.63, 3.8) is 0 Å². The molecule has 1 aromatic rings. The van der Waals surface area contributed by atoms with Crippen molar-refractivity contribution in [1.82, 2.24) is 9.62 Å². The van der Waals surface area contributed by atoms with Crippen LogP contribution in [0.2, 0.25) is 0 Å². The van der Waals surface area contributed by atoms with E-state index < -0.39 is 10.0 Å². The van der Waals surface area contributed by atoms with Gasteiger partial charge in [-0.1, -0.05) is 18.2 Å². The zero-order valence-electron chi connectivity index (χ0n) is 9.26. The van der Waals surface area contributed by atoms with E-state index in [9.17, 15) is 8.42 Å². The van der Waals surface area contributed by atoms with Crippen LogP contribution >= 0.6 is 0 Å². The zero-order valence-corrected chi connectivity index (χ0v) is 10.1. The lowest BCUT2D eigenvalue weighted by molar-refractivity contribution is 0.464. The normalized spacial score (nSPS) is 22.4. The van der Waals surface area contributed by atoms with Crippen LogP contribution in [0.25, 0.3) is 0 Å². The van der Waals surface area contributed by atoms with Crippen LogP contribution in [0.1, 0.15) is 6.42 Å². The third kappa shape index (κ3) is 2.11. The maximum atomic E-state index is 12.2. The van der Waals surface area contributed by atoms with Crippen LogP contribution in [-0.4, -0.2) is 38.9 Å². The number of nitrogens with zero attached hydrogens (tertiary/aromatic N) is 1. The summed E-state index contributed by atoms with van der Waals surface area (Å²) < 4.78 is 25.9. The highest BCUT2D eigenvalue weighted by molar-refractivity contribution is 7.89. The second-order valence-corrected chi connectivity index (χ2v) is 5.89. The number of hydrogen-bond donors (Lipinski definition) is 1. The Morgan fingerprint density at radius 3 is 2.56 bits per heavy atom. The maximum Gasteiger partial charge on any atom is 0.243 e. The molecular weight excluding hydrogens is 224 g/mol. The van der Waals surface area contributed by atoms with Crippen LogP contribution in [-0.2, 0) is 10.0 Å². The number of rotatable bonds is 3. The second-order valence-electron chi connectivity index (χ2n) is 3.95. The molecule has 0 saturated carbocycles. The first-order valence-corrected chi connectivity index (χ1v) is 6.81. The largest absolute Gasteiger partial charge is 0.316 e. The number of benzene rings is 1. The van der Waals surface area contributed by atoms with Gasteiger partial charge in [0.2, 0.25) is 10.0 Å². The molecule has 0 radical (unpaired) electrons. The topological polar surface area (TPSA) is 49.4 Å². The molecule has 0 aliphatic carbocycles. The minimum atomic E-state index is -3.29. The molecule has 0 amide bonds. The van der Waals surface area contributed by atoms with E-state index in [2.05, 4.69) is 5.32 Å². The maximum absolute atomic E-state index is 12.2. The first-order chi connectivity index (χ1) is 7.64. The Morgan fingerprint density at radius 1 is 1.31 bits per heavy atom. The van der Waals surface area contributed by atoms with Crippen molar-refractivity contribution >= 4 is 10.0 Å². The lowest BCUT2D eigenvalue weighted by atomic mass is 10.3. The summed E-state index contributed by atoms with van der Waals surface area (Å²) in [6.07, 6.45) is 0.878. The molecule has 1 aliphatic heterocycles. The summed E-state index contributed by atoms with van der Waals surface area (Å²) in [7, 11) is -1.42. The zero-order chi connectivity index (χ0) is 11.6. The molecule has 0 aromatic heterocycles. The highest BCUT2D eigenvalue weighted by Gasteiger charge is 2.31. The Morgan fingerprint density at radius 2 is 2.00 bits per heavy atom. The van der Waals surface area contributed by atoms with Gasteiger partial charge >= 0.3 is 0 Å². The van der Waals surface area contributed by atoms with Crippen LogP contribution < -0.4 is 5.32 Å². The van der Waals surface area contributed by atoms with E-state index in [0.29, 0.717) is 18.0 Å². The number of sulfonamides is 1. The van der Waals surface area contributed by atoms with Crippen molar-refractivity contribution in [2.75, 3.05) is 20.1 Å². The van der Waals surface area contributed by atoms with E-state index in [1.807, 2.05) is 13.1 Å². The predicted octanol–water partition coefficient (Wildman–Crippen LogP) is 0.669. The molecule has 4 nitrogen and oxygen atoms in total. The molecule has 88 valence electrons. The second kappa shape index (κ2) is 4.53. The van der Waals surface area contributed by atoms with E-state index in [0.717, 1.165) is 6.42 Å². The van der Waals surface area contributed by atoms with Gasteiger partial charge in [-0.25, -0.2) is 8.42 Å². The third-order valence-corrected chi connectivity index (χ3v) is 4.82. The number of nitrogens with one attached hydrogen (secondary N) is 1. The van der Waals surface area contributed by atoms with Gasteiger partial charge in [0.25, 0.3) is 0 Å². The molecule has 0 spiro atoms. The monoisotopic (exact) mass is 240 g/mol. The van der Waals surface area contributed by atoms with Crippen molar-refractivity contribution in [3.05, 3.63) is 30.3 Å². The highest BCUT2D eigenvalue weighted by Crippen LogP contribution is 2.20. The van der Waals surface area contributed by atoms with Gasteiger partial charge in [0.05, 0.1) is 4.90 Å². The minimum Gasteiger partial charge on any atom is -0.316 e. The molecule has 0 bridgehead atoms. The molecule has 1 aliphatic rings. The van der Waals surface area contributed by atoms with Gasteiger partial charge in [-0.3, -0.25) is 0 Å². The van der Waals surface area contributed by atoms with E-state index in [4.69, 9.17) is 0 Å². The van der Waals surface area contributed by atoms with Gasteiger partial charge in [-0.15, -0.1) is 0 Å². The van der Waals surface area contributed by atoms with E-state index >= 15 is 0 Å². The molecule has 1 unspecified atom stereocenters. The van der Waals surface area contributed by atoms with Gasteiger partial charge in [0.1, 0.15) is 0 Å². The SMILES string of the molecule is CNC1CCN(S(=O)(=O)c2ccccc2)C1. The van der Waals surface area contributed by atoms with Crippen LogP contribution in [0.4, 0.5) is 0 Å². The fraction of sp³-hybridized carbons (Fsp3) is 0.455. The van der Waals surface area contributed by atoms with Crippen LogP contribution in [0, 0.1) is 0 Å². The summed E-state index contributed by atoms with van der Waals surface area (Å²) in [5.74, 6) is 0. The summed E-state index contributed by atoms with van der Waals surface area (Å²) in [4.78, 5) is 0.381. The number of likely N-dealkylation sites (N-methyl/N-ethyl adjacent to an activating group) is 1. The van der Waals surface area contributed by atoms with Crippen molar-refractivity contribution in [3.8, 4) is 0 Å². The van der Waals surface area contributed by atoms with Gasteiger partial charge in [-0.05, 0) is 25.6 Å². The molecule has 1 N–H and O–H groups in total. The van der Waals surface area contributed by atoms with Gasteiger partial charge in [0, 0.05) is 19.1 Å². The molecule has 5 heteroatoms. The standard InChI is InChI=1S/C11H16N2O2S/c1-12-10-7-8-13(9-10)16(14,15)11-5-3-2-4-6-11/h2-6,10,12H,7-9H2,1H3. The molecule has 1 fully saturated rings. The number of hydrogen-bond acceptors (Lipinski definition) is 3. The first-order valence-electron chi connectivity index (χ1n) is 5.37. The summed E-state index contributed by atoms with van der Waals surface area (Å²) >= 11 is 0. The highest BCUT2D eigenvalue weighted by atomic mass is 32.2. The summed E-state index contributed by atoms with van der Waals surface area (Å²) in [5, 5.41) is 3.11. The van der Waals surface area contributed by atoms with Crippen molar-refractivity contribution in [2.24, 2.45) is 0 Å². The fourth-order valence-electron chi connectivity index (χ4n) is 1.92. The van der Waals surface area contributed by atoms with Crippen LogP contribution in [0.3, 0.4) is 0 Å². The van der Waals surface area contributed by atoms with Gasteiger partial charge < -0.3 is 5.32 Å². The molecule has 16 heavy (non-hydrogen) atoms. The summed E-state index contributed by atoms with van der Waals surface area (Å²) in [6.45, 7) is 1.16. The average Bonchev–Trinajstić information content (AvgIpc) is 2.79. The molecular formula is C11H16N2O2S. The summed E-state index contributed by atoms with van der Waals surface area (Å²) in [6, 6.07) is 8.87. The van der Waals surface area contributed by atoms with Gasteiger partial charge in [0.15, 0.2) is 0 Å². The Kier molecular flexibility index (Phi) is 3.28. The quantitative estimate of drug-likeness (QED) is 0.845. The minimum absolute atomic E-state index is 0.276. The Balaban J connectivity index is 2.21. The Labute approximate surface area is 96.3 Å².